The van der Waals surface area contributed by atoms with Crippen molar-refractivity contribution in [2.24, 2.45) is 0 Å². The highest BCUT2D eigenvalue weighted by Crippen LogP contribution is 2.26. The average molecular weight is 585 g/mol. The van der Waals surface area contributed by atoms with Gasteiger partial charge in [0.25, 0.3) is 0 Å². The van der Waals surface area contributed by atoms with Crippen molar-refractivity contribution in [3.8, 4) is 0 Å². The molecule has 2 heterocycles. The van der Waals surface area contributed by atoms with E-state index in [1.165, 1.54) is 22.9 Å². The molecule has 0 atom stereocenters. The van der Waals surface area contributed by atoms with Gasteiger partial charge in [-0.1, -0.05) is 113 Å². The van der Waals surface area contributed by atoms with Gasteiger partial charge in [0.1, 0.15) is 4.32 Å². The zero-order valence-corrected chi connectivity index (χ0v) is 24.8. The van der Waals surface area contributed by atoms with Crippen molar-refractivity contribution in [3.63, 3.8) is 0 Å². The molecular weight excluding hydrogens is 556 g/mol. The minimum Gasteiger partial charge on any atom is -0.349 e. The Labute approximate surface area is 249 Å². The van der Waals surface area contributed by atoms with Crippen LogP contribution in [-0.2, 0) is 17.1 Å². The van der Waals surface area contributed by atoms with E-state index >= 15 is 0 Å². The van der Waals surface area contributed by atoms with Gasteiger partial charge in [0, 0.05) is 41.2 Å². The van der Waals surface area contributed by atoms with Gasteiger partial charge in [0.2, 0.25) is 0 Å². The number of halogens is 1. The number of likely N-dealkylation sites (tertiary alicyclic amines) is 1. The number of thiocarbonyl (C=S) groups is 1. The number of carbonyl (C=O) groups is 1. The quantitative estimate of drug-likeness (QED) is 0.177. The van der Waals surface area contributed by atoms with Crippen LogP contribution in [0.1, 0.15) is 33.5 Å². The third kappa shape index (κ3) is 7.36. The Morgan fingerprint density at radius 3 is 2.12 bits per heavy atom. The van der Waals surface area contributed by atoms with Crippen LogP contribution in [0.25, 0.3) is 12.2 Å². The van der Waals surface area contributed by atoms with Gasteiger partial charge >= 0.3 is 0 Å². The Morgan fingerprint density at radius 2 is 1.55 bits per heavy atom. The Hall–Kier alpha value is -3.52. The number of rotatable bonds is 6. The van der Waals surface area contributed by atoms with Crippen molar-refractivity contribution in [2.75, 3.05) is 13.1 Å². The van der Waals surface area contributed by atoms with Gasteiger partial charge in [0.05, 0.1) is 12.2 Å². The number of ketones is 1. The highest BCUT2D eigenvalue weighted by Gasteiger charge is 2.28. The lowest BCUT2D eigenvalue weighted by atomic mass is 9.94. The molecule has 0 saturated carbocycles. The van der Waals surface area contributed by atoms with Crippen molar-refractivity contribution >= 4 is 57.8 Å². The summed E-state index contributed by atoms with van der Waals surface area (Å²) in [4.78, 5) is 15.6. The summed E-state index contributed by atoms with van der Waals surface area (Å²) in [6.07, 6.45) is 5.89. The molecule has 8 heteroatoms. The first kappa shape index (κ1) is 28.0. The van der Waals surface area contributed by atoms with Crippen LogP contribution in [0.4, 0.5) is 0 Å². The Morgan fingerprint density at radius 1 is 0.950 bits per heavy atom. The van der Waals surface area contributed by atoms with Gasteiger partial charge in [-0.3, -0.25) is 4.79 Å². The Balaban J connectivity index is 1.31. The molecule has 0 spiro atoms. The maximum atomic E-state index is 13.5. The highest BCUT2D eigenvalue weighted by atomic mass is 35.5. The zero-order chi connectivity index (χ0) is 28.1. The molecule has 40 heavy (non-hydrogen) atoms. The lowest BCUT2D eigenvalue weighted by molar-refractivity contribution is -0.113. The van der Waals surface area contributed by atoms with Crippen molar-refractivity contribution in [1.29, 1.82) is 0 Å². The molecule has 1 aliphatic rings. The van der Waals surface area contributed by atoms with Crippen LogP contribution < -0.4 is 0 Å². The molecule has 4 aromatic rings. The molecule has 0 amide bonds. The lowest BCUT2D eigenvalue weighted by Crippen LogP contribution is -2.39. The van der Waals surface area contributed by atoms with E-state index in [0.717, 1.165) is 37.9 Å². The first-order valence-electron chi connectivity index (χ1n) is 13.0. The number of carbonyl (C=O) groups excluding carboxylic acids is 1. The van der Waals surface area contributed by atoms with E-state index in [9.17, 15) is 4.79 Å². The maximum Gasteiger partial charge on any atom is 0.188 e. The number of aromatic nitrogens is 3. The smallest absolute Gasteiger partial charge is 0.188 e. The standard InChI is InChI=1S/C32H29ClN4OS2/c1-22-6-10-24(11-7-22)14-27-18-36(19-28(31(27)38)15-25-12-8-23(2)9-13-25)32(39)40-21-30-20-37(35-34-30)17-26-4-3-5-29(33)16-26/h3-16,20H,17-19,21H2,1-2H3/b27-14+,28-15+. The van der Waals surface area contributed by atoms with Gasteiger partial charge in [-0.25, -0.2) is 4.68 Å². The second-order valence-electron chi connectivity index (χ2n) is 9.94. The van der Waals surface area contributed by atoms with Gasteiger partial charge in [0.15, 0.2) is 5.78 Å². The number of Topliss-reactive ketones (excluding diaryl/α,β-unsaturated/α-hetero) is 1. The topological polar surface area (TPSA) is 51.0 Å². The van der Waals surface area contributed by atoms with E-state index in [-0.39, 0.29) is 5.78 Å². The Bertz CT molecular complexity index is 1520. The van der Waals surface area contributed by atoms with E-state index in [1.54, 1.807) is 4.68 Å². The number of aryl methyl sites for hydroxylation is 2. The number of hydrogen-bond acceptors (Lipinski definition) is 5. The molecule has 0 unspecified atom stereocenters. The van der Waals surface area contributed by atoms with Crippen LogP contribution in [0.3, 0.4) is 0 Å². The van der Waals surface area contributed by atoms with E-state index in [2.05, 4.69) is 53.3 Å². The van der Waals surface area contributed by atoms with Crippen LogP contribution in [0.2, 0.25) is 5.02 Å². The van der Waals surface area contributed by atoms with Crippen molar-refractivity contribution in [2.45, 2.75) is 26.1 Å². The summed E-state index contributed by atoms with van der Waals surface area (Å²) in [5.41, 5.74) is 7.72. The van der Waals surface area contributed by atoms with Gasteiger partial charge in [-0.2, -0.15) is 0 Å². The van der Waals surface area contributed by atoms with E-state index in [4.69, 9.17) is 23.8 Å². The molecule has 0 radical (unpaired) electrons. The minimum absolute atomic E-state index is 0.0640. The van der Waals surface area contributed by atoms with Gasteiger partial charge in [-0.15, -0.1) is 5.10 Å². The molecular formula is C32H29ClN4OS2. The fourth-order valence-corrected chi connectivity index (χ4v) is 5.66. The summed E-state index contributed by atoms with van der Waals surface area (Å²) in [6.45, 7) is 5.63. The highest BCUT2D eigenvalue weighted by molar-refractivity contribution is 8.22. The molecule has 0 aliphatic carbocycles. The fourth-order valence-electron chi connectivity index (χ4n) is 4.43. The summed E-state index contributed by atoms with van der Waals surface area (Å²) < 4.78 is 2.52. The van der Waals surface area contributed by atoms with Crippen LogP contribution in [-0.4, -0.2) is 43.1 Å². The molecule has 1 aliphatic heterocycles. The Kier molecular flexibility index (Phi) is 8.94. The fraction of sp³-hybridized carbons (Fsp3) is 0.188. The monoisotopic (exact) mass is 584 g/mol. The molecule has 5 nitrogen and oxygen atoms in total. The molecule has 1 saturated heterocycles. The number of nitrogens with zero attached hydrogens (tertiary/aromatic N) is 4. The molecule has 3 aromatic carbocycles. The second-order valence-corrected chi connectivity index (χ2v) is 12.0. The normalized spacial score (nSPS) is 15.7. The first-order chi connectivity index (χ1) is 19.3. The van der Waals surface area contributed by atoms with Crippen molar-refractivity contribution in [1.82, 2.24) is 19.9 Å². The summed E-state index contributed by atoms with van der Waals surface area (Å²) in [5, 5.41) is 9.29. The predicted molar refractivity (Wildman–Crippen MR) is 169 cm³/mol. The molecule has 5 rings (SSSR count). The summed E-state index contributed by atoms with van der Waals surface area (Å²) in [5.74, 6) is 0.654. The molecule has 1 aromatic heterocycles. The van der Waals surface area contributed by atoms with Crippen molar-refractivity contribution < 1.29 is 4.79 Å². The van der Waals surface area contributed by atoms with Crippen LogP contribution in [0, 0.1) is 13.8 Å². The zero-order valence-electron chi connectivity index (χ0n) is 22.4. The summed E-state index contributed by atoms with van der Waals surface area (Å²) in [6, 6.07) is 24.1. The number of thioether (sulfide) groups is 1. The van der Waals surface area contributed by atoms with Gasteiger partial charge in [-0.05, 0) is 54.8 Å². The average Bonchev–Trinajstić information content (AvgIpc) is 3.39. The molecule has 0 bridgehead atoms. The van der Waals surface area contributed by atoms with Gasteiger partial charge < -0.3 is 4.90 Å². The minimum atomic E-state index is 0.0640. The third-order valence-electron chi connectivity index (χ3n) is 6.56. The summed E-state index contributed by atoms with van der Waals surface area (Å²) >= 11 is 13.5. The van der Waals surface area contributed by atoms with Crippen molar-refractivity contribution in [3.05, 3.63) is 129 Å². The lowest BCUT2D eigenvalue weighted by Gasteiger charge is -2.31. The number of piperidine rings is 1. The maximum absolute atomic E-state index is 13.5. The van der Waals surface area contributed by atoms with E-state index in [0.29, 0.717) is 30.4 Å². The largest absolute Gasteiger partial charge is 0.349 e. The van der Waals surface area contributed by atoms with Crippen LogP contribution in [0.15, 0.2) is 90.1 Å². The number of hydrogen-bond donors (Lipinski definition) is 0. The number of benzene rings is 3. The predicted octanol–water partition coefficient (Wildman–Crippen LogP) is 7.17. The van der Waals surface area contributed by atoms with Crippen LogP contribution in [0.5, 0.6) is 0 Å². The van der Waals surface area contributed by atoms with Crippen LogP contribution >= 0.6 is 35.6 Å². The van der Waals surface area contributed by atoms with E-state index in [1.807, 2.05) is 66.9 Å². The molecule has 202 valence electrons. The third-order valence-corrected chi connectivity index (χ3v) is 8.36. The summed E-state index contributed by atoms with van der Waals surface area (Å²) in [7, 11) is 0. The second kappa shape index (κ2) is 12.8. The van der Waals surface area contributed by atoms with E-state index < -0.39 is 0 Å². The SMILES string of the molecule is Cc1ccc(/C=C2\CN(C(=S)SCc3cn(Cc4cccc(Cl)c4)nn3)C/C(=C\c3ccc(C)cc3)C2=O)cc1. The first-order valence-corrected chi connectivity index (χ1v) is 14.7. The molecule has 1 fully saturated rings. The molecule has 0 N–H and O–H groups in total.